The highest BCUT2D eigenvalue weighted by Crippen LogP contribution is 2.13. The summed E-state index contributed by atoms with van der Waals surface area (Å²) in [5.74, 6) is 4.65. The zero-order valence-corrected chi connectivity index (χ0v) is 11.1. The predicted octanol–water partition coefficient (Wildman–Crippen LogP) is 0.363. The maximum Gasteiger partial charge on any atom is 0.283 e. The molecule has 2 aromatic rings. The Morgan fingerprint density at radius 3 is 2.48 bits per heavy atom. The summed E-state index contributed by atoms with van der Waals surface area (Å²) in [7, 11) is 0. The van der Waals surface area contributed by atoms with Gasteiger partial charge in [-0.05, 0) is 36.4 Å². The normalized spacial score (nSPS) is 9.95. The lowest BCUT2D eigenvalue weighted by Gasteiger charge is -2.07. The van der Waals surface area contributed by atoms with Crippen molar-refractivity contribution >= 4 is 11.8 Å². The molecule has 1 aromatic heterocycles. The standard InChI is InChI=1S/C14H14N4O3/c15-13(19)9-4-6-11(7-5-9)21-8-10-2-1-3-12(17-10)14(20)18-16/h1-7H,8,16H2,(H2,15,19)(H,18,20). The van der Waals surface area contributed by atoms with Gasteiger partial charge in [0.1, 0.15) is 18.1 Å². The summed E-state index contributed by atoms with van der Waals surface area (Å²) in [5, 5.41) is 0. The van der Waals surface area contributed by atoms with Crippen molar-refractivity contribution in [2.75, 3.05) is 0 Å². The molecule has 21 heavy (non-hydrogen) atoms. The number of nitrogens with one attached hydrogen (secondary N) is 1. The van der Waals surface area contributed by atoms with E-state index in [-0.39, 0.29) is 12.3 Å². The summed E-state index contributed by atoms with van der Waals surface area (Å²) in [4.78, 5) is 26.4. The molecule has 0 fully saturated rings. The van der Waals surface area contributed by atoms with Gasteiger partial charge in [0, 0.05) is 5.56 Å². The maximum atomic E-state index is 11.4. The number of nitrogen functional groups attached to an aromatic ring is 1. The molecular formula is C14H14N4O3. The van der Waals surface area contributed by atoms with Crippen LogP contribution in [0.5, 0.6) is 5.75 Å². The van der Waals surface area contributed by atoms with Gasteiger partial charge < -0.3 is 10.5 Å². The van der Waals surface area contributed by atoms with Crippen molar-refractivity contribution in [2.24, 2.45) is 11.6 Å². The molecule has 0 saturated heterocycles. The van der Waals surface area contributed by atoms with Crippen LogP contribution >= 0.6 is 0 Å². The van der Waals surface area contributed by atoms with Crippen molar-refractivity contribution in [1.29, 1.82) is 0 Å². The highest BCUT2D eigenvalue weighted by molar-refractivity contribution is 5.92. The number of nitrogens with two attached hydrogens (primary N) is 2. The minimum Gasteiger partial charge on any atom is -0.487 e. The van der Waals surface area contributed by atoms with Crippen molar-refractivity contribution in [3.05, 3.63) is 59.4 Å². The molecule has 5 N–H and O–H groups in total. The number of nitrogens with zero attached hydrogens (tertiary/aromatic N) is 1. The van der Waals surface area contributed by atoms with Crippen LogP contribution in [-0.2, 0) is 6.61 Å². The number of carbonyl (C=O) groups is 2. The van der Waals surface area contributed by atoms with Crippen molar-refractivity contribution in [1.82, 2.24) is 10.4 Å². The molecule has 2 rings (SSSR count). The Hall–Kier alpha value is -2.93. The van der Waals surface area contributed by atoms with Gasteiger partial charge in [0.15, 0.2) is 0 Å². The molecule has 0 saturated carbocycles. The fraction of sp³-hybridized carbons (Fsp3) is 0.0714. The van der Waals surface area contributed by atoms with Gasteiger partial charge in [0.2, 0.25) is 5.91 Å². The number of carbonyl (C=O) groups excluding carboxylic acids is 2. The number of ether oxygens (including phenoxy) is 1. The monoisotopic (exact) mass is 286 g/mol. The number of aromatic nitrogens is 1. The van der Waals surface area contributed by atoms with Crippen LogP contribution in [0.1, 0.15) is 26.5 Å². The number of benzene rings is 1. The van der Waals surface area contributed by atoms with E-state index in [1.807, 2.05) is 5.43 Å². The van der Waals surface area contributed by atoms with Crippen LogP contribution in [-0.4, -0.2) is 16.8 Å². The average molecular weight is 286 g/mol. The predicted molar refractivity (Wildman–Crippen MR) is 75.2 cm³/mol. The van der Waals surface area contributed by atoms with Gasteiger partial charge in [-0.1, -0.05) is 6.07 Å². The highest BCUT2D eigenvalue weighted by Gasteiger charge is 2.06. The van der Waals surface area contributed by atoms with E-state index in [1.165, 1.54) is 0 Å². The third-order valence-corrected chi connectivity index (χ3v) is 2.70. The molecule has 0 aliphatic heterocycles. The van der Waals surface area contributed by atoms with Gasteiger partial charge in [-0.2, -0.15) is 0 Å². The Bertz CT molecular complexity index is 656. The van der Waals surface area contributed by atoms with Crippen molar-refractivity contribution < 1.29 is 14.3 Å². The molecule has 0 aliphatic rings. The lowest BCUT2D eigenvalue weighted by Crippen LogP contribution is -2.30. The summed E-state index contributed by atoms with van der Waals surface area (Å²) in [6.45, 7) is 0.182. The van der Waals surface area contributed by atoms with Crippen LogP contribution in [0.15, 0.2) is 42.5 Å². The molecule has 0 atom stereocenters. The number of hydrogen-bond acceptors (Lipinski definition) is 5. The van der Waals surface area contributed by atoms with E-state index >= 15 is 0 Å². The first kappa shape index (κ1) is 14.5. The van der Waals surface area contributed by atoms with E-state index in [1.54, 1.807) is 42.5 Å². The van der Waals surface area contributed by atoms with E-state index in [0.717, 1.165) is 0 Å². The number of hydrazine groups is 1. The summed E-state index contributed by atoms with van der Waals surface area (Å²) >= 11 is 0. The van der Waals surface area contributed by atoms with Crippen LogP contribution in [0.2, 0.25) is 0 Å². The van der Waals surface area contributed by atoms with Crippen LogP contribution in [0.3, 0.4) is 0 Å². The minimum atomic E-state index is -0.497. The molecule has 7 heteroatoms. The Morgan fingerprint density at radius 2 is 1.86 bits per heavy atom. The molecule has 2 amide bonds. The lowest BCUT2D eigenvalue weighted by atomic mass is 10.2. The molecule has 0 spiro atoms. The molecular weight excluding hydrogens is 272 g/mol. The zero-order valence-electron chi connectivity index (χ0n) is 11.1. The fourth-order valence-corrected chi connectivity index (χ4v) is 1.63. The first-order chi connectivity index (χ1) is 10.1. The first-order valence-electron chi connectivity index (χ1n) is 6.09. The van der Waals surface area contributed by atoms with Crippen LogP contribution < -0.4 is 21.7 Å². The van der Waals surface area contributed by atoms with Gasteiger partial charge in [0.05, 0.1) is 5.69 Å². The number of pyridine rings is 1. The van der Waals surface area contributed by atoms with E-state index in [9.17, 15) is 9.59 Å². The zero-order chi connectivity index (χ0) is 15.2. The number of amides is 2. The second kappa shape index (κ2) is 6.49. The van der Waals surface area contributed by atoms with Crippen LogP contribution in [0.4, 0.5) is 0 Å². The van der Waals surface area contributed by atoms with Gasteiger partial charge in [-0.15, -0.1) is 0 Å². The SMILES string of the molecule is NNC(=O)c1cccc(COc2ccc(C(N)=O)cc2)n1. The average Bonchev–Trinajstić information content (AvgIpc) is 2.52. The highest BCUT2D eigenvalue weighted by atomic mass is 16.5. The van der Waals surface area contributed by atoms with Gasteiger partial charge in [-0.3, -0.25) is 15.0 Å². The summed E-state index contributed by atoms with van der Waals surface area (Å²) in [5.41, 5.74) is 8.36. The summed E-state index contributed by atoms with van der Waals surface area (Å²) in [6, 6.07) is 11.4. The second-order valence-corrected chi connectivity index (χ2v) is 4.16. The minimum absolute atomic E-state index is 0.182. The first-order valence-corrected chi connectivity index (χ1v) is 6.09. The summed E-state index contributed by atoms with van der Waals surface area (Å²) in [6.07, 6.45) is 0. The molecule has 1 aromatic carbocycles. The van der Waals surface area contributed by atoms with Gasteiger partial charge in [-0.25, -0.2) is 10.8 Å². The maximum absolute atomic E-state index is 11.4. The van der Waals surface area contributed by atoms with Gasteiger partial charge in [0.25, 0.3) is 5.91 Å². The Morgan fingerprint density at radius 1 is 1.14 bits per heavy atom. The van der Waals surface area contributed by atoms with E-state index in [0.29, 0.717) is 17.0 Å². The lowest BCUT2D eigenvalue weighted by molar-refractivity contribution is 0.0947. The Balaban J connectivity index is 2.02. The third-order valence-electron chi connectivity index (χ3n) is 2.70. The van der Waals surface area contributed by atoms with E-state index in [2.05, 4.69) is 4.98 Å². The Kier molecular flexibility index (Phi) is 4.47. The molecule has 0 radical (unpaired) electrons. The molecule has 108 valence electrons. The number of primary amides is 1. The van der Waals surface area contributed by atoms with Crippen LogP contribution in [0, 0.1) is 0 Å². The van der Waals surface area contributed by atoms with Crippen molar-refractivity contribution in [2.45, 2.75) is 6.61 Å². The van der Waals surface area contributed by atoms with Crippen LogP contribution in [0.25, 0.3) is 0 Å². The molecule has 0 bridgehead atoms. The largest absolute Gasteiger partial charge is 0.487 e. The molecule has 0 aliphatic carbocycles. The van der Waals surface area contributed by atoms with Crippen molar-refractivity contribution in [3.63, 3.8) is 0 Å². The summed E-state index contributed by atoms with van der Waals surface area (Å²) < 4.78 is 5.52. The quantitative estimate of drug-likeness (QED) is 0.416. The smallest absolute Gasteiger partial charge is 0.283 e. The van der Waals surface area contributed by atoms with E-state index < -0.39 is 11.8 Å². The van der Waals surface area contributed by atoms with E-state index in [4.69, 9.17) is 16.3 Å². The second-order valence-electron chi connectivity index (χ2n) is 4.16. The fourth-order valence-electron chi connectivity index (χ4n) is 1.63. The Labute approximate surface area is 120 Å². The van der Waals surface area contributed by atoms with Gasteiger partial charge >= 0.3 is 0 Å². The number of hydrogen-bond donors (Lipinski definition) is 3. The molecule has 0 unspecified atom stereocenters. The number of rotatable bonds is 5. The molecule has 7 nitrogen and oxygen atoms in total. The molecule has 1 heterocycles. The third kappa shape index (κ3) is 3.77. The van der Waals surface area contributed by atoms with Crippen molar-refractivity contribution in [3.8, 4) is 5.75 Å². The topological polar surface area (TPSA) is 120 Å².